The van der Waals surface area contributed by atoms with Gasteiger partial charge < -0.3 is 10.8 Å². The molecule has 1 atom stereocenters. The van der Waals surface area contributed by atoms with Gasteiger partial charge in [0.1, 0.15) is 11.3 Å². The number of benzene rings is 1. The van der Waals surface area contributed by atoms with Gasteiger partial charge in [-0.25, -0.2) is 0 Å². The van der Waals surface area contributed by atoms with E-state index in [9.17, 15) is 4.79 Å². The zero-order chi connectivity index (χ0) is 13.0. The van der Waals surface area contributed by atoms with Crippen LogP contribution in [0.3, 0.4) is 0 Å². The van der Waals surface area contributed by atoms with Crippen molar-refractivity contribution < 1.29 is 9.90 Å². The highest BCUT2D eigenvalue weighted by atomic mass is 32.1. The molecule has 0 bridgehead atoms. The van der Waals surface area contributed by atoms with Crippen LogP contribution in [-0.2, 0) is 11.2 Å². The average molecular weight is 264 g/mol. The molecule has 2 rings (SSSR count). The maximum Gasteiger partial charge on any atom is 0.243 e. The van der Waals surface area contributed by atoms with E-state index in [1.165, 1.54) is 16.8 Å². The van der Waals surface area contributed by atoms with Gasteiger partial charge in [0.15, 0.2) is 0 Å². The number of carbonyl (C=O) groups excluding carboxylic acids is 1. The SMILES string of the molecule is NC(Cc1ccc(O)cc1)C(=O)Nc1nncs1. The van der Waals surface area contributed by atoms with E-state index in [1.54, 1.807) is 24.3 Å². The summed E-state index contributed by atoms with van der Waals surface area (Å²) >= 11 is 1.23. The molecule has 2 aromatic rings. The molecule has 0 saturated carbocycles. The molecule has 0 aliphatic rings. The first-order chi connectivity index (χ1) is 8.65. The van der Waals surface area contributed by atoms with E-state index < -0.39 is 6.04 Å². The third-order valence-corrected chi connectivity index (χ3v) is 2.93. The van der Waals surface area contributed by atoms with Crippen molar-refractivity contribution in [1.82, 2.24) is 10.2 Å². The Morgan fingerprint density at radius 3 is 2.78 bits per heavy atom. The second-order valence-electron chi connectivity index (χ2n) is 3.71. The first-order valence-electron chi connectivity index (χ1n) is 5.25. The quantitative estimate of drug-likeness (QED) is 0.756. The lowest BCUT2D eigenvalue weighted by Crippen LogP contribution is -2.37. The standard InChI is InChI=1S/C11H12N4O2S/c12-9(5-7-1-3-8(16)4-2-7)10(17)14-11-15-13-6-18-11/h1-4,6,9,16H,5,12H2,(H,14,15,17). The Bertz CT molecular complexity index is 512. The molecule has 7 heteroatoms. The number of carbonyl (C=O) groups is 1. The summed E-state index contributed by atoms with van der Waals surface area (Å²) in [5.74, 6) is -0.120. The van der Waals surface area contributed by atoms with Gasteiger partial charge in [-0.2, -0.15) is 0 Å². The highest BCUT2D eigenvalue weighted by Gasteiger charge is 2.15. The van der Waals surface area contributed by atoms with Gasteiger partial charge >= 0.3 is 0 Å². The summed E-state index contributed by atoms with van der Waals surface area (Å²) < 4.78 is 0. The first kappa shape index (κ1) is 12.5. The lowest BCUT2D eigenvalue weighted by molar-refractivity contribution is -0.117. The molecular weight excluding hydrogens is 252 g/mol. The van der Waals surface area contributed by atoms with Gasteiger partial charge in [-0.05, 0) is 24.1 Å². The fourth-order valence-corrected chi connectivity index (χ4v) is 1.85. The van der Waals surface area contributed by atoms with E-state index in [0.29, 0.717) is 11.6 Å². The lowest BCUT2D eigenvalue weighted by atomic mass is 10.1. The summed E-state index contributed by atoms with van der Waals surface area (Å²) in [5.41, 5.74) is 8.20. The van der Waals surface area contributed by atoms with Gasteiger partial charge in [-0.15, -0.1) is 10.2 Å². The second-order valence-corrected chi connectivity index (χ2v) is 4.54. The monoisotopic (exact) mass is 264 g/mol. The maximum absolute atomic E-state index is 11.7. The number of hydrogen-bond acceptors (Lipinski definition) is 6. The number of amides is 1. The van der Waals surface area contributed by atoms with Crippen LogP contribution in [0.4, 0.5) is 5.13 Å². The van der Waals surface area contributed by atoms with Crippen LogP contribution in [0.2, 0.25) is 0 Å². The smallest absolute Gasteiger partial charge is 0.243 e. The van der Waals surface area contributed by atoms with Crippen molar-refractivity contribution in [3.8, 4) is 5.75 Å². The predicted octanol–water partition coefficient (Wildman–Crippen LogP) is 0.752. The minimum absolute atomic E-state index is 0.186. The molecule has 0 saturated heterocycles. The van der Waals surface area contributed by atoms with Crippen LogP contribution in [0.5, 0.6) is 5.75 Å². The van der Waals surface area contributed by atoms with Crippen molar-refractivity contribution in [2.45, 2.75) is 12.5 Å². The van der Waals surface area contributed by atoms with E-state index in [2.05, 4.69) is 15.5 Å². The van der Waals surface area contributed by atoms with Crippen molar-refractivity contribution in [3.63, 3.8) is 0 Å². The van der Waals surface area contributed by atoms with Crippen LogP contribution in [0, 0.1) is 0 Å². The van der Waals surface area contributed by atoms with E-state index in [4.69, 9.17) is 10.8 Å². The molecule has 4 N–H and O–H groups in total. The lowest BCUT2D eigenvalue weighted by Gasteiger charge is -2.10. The fourth-order valence-electron chi connectivity index (χ4n) is 1.40. The van der Waals surface area contributed by atoms with Crippen LogP contribution >= 0.6 is 11.3 Å². The highest BCUT2D eigenvalue weighted by molar-refractivity contribution is 7.13. The molecule has 18 heavy (non-hydrogen) atoms. The van der Waals surface area contributed by atoms with E-state index in [0.717, 1.165) is 5.56 Å². The minimum atomic E-state index is -0.668. The maximum atomic E-state index is 11.7. The van der Waals surface area contributed by atoms with Gasteiger partial charge in [0.25, 0.3) is 0 Å². The Kier molecular flexibility index (Phi) is 3.85. The Morgan fingerprint density at radius 2 is 2.17 bits per heavy atom. The number of hydrogen-bond donors (Lipinski definition) is 3. The zero-order valence-electron chi connectivity index (χ0n) is 9.41. The Morgan fingerprint density at radius 1 is 1.44 bits per heavy atom. The first-order valence-corrected chi connectivity index (χ1v) is 6.13. The number of nitrogens with one attached hydrogen (secondary N) is 1. The molecule has 1 aromatic carbocycles. The third kappa shape index (κ3) is 3.25. The van der Waals surface area contributed by atoms with E-state index >= 15 is 0 Å². The van der Waals surface area contributed by atoms with Gasteiger partial charge in [0.05, 0.1) is 6.04 Å². The number of aromatic hydroxyl groups is 1. The largest absolute Gasteiger partial charge is 0.508 e. The van der Waals surface area contributed by atoms with Gasteiger partial charge in [0, 0.05) is 0 Å². The number of anilines is 1. The molecule has 6 nitrogen and oxygen atoms in total. The Labute approximate surface area is 107 Å². The fraction of sp³-hybridized carbons (Fsp3) is 0.182. The number of nitrogens with zero attached hydrogens (tertiary/aromatic N) is 2. The molecule has 0 aliphatic heterocycles. The van der Waals surface area contributed by atoms with Gasteiger partial charge in [-0.3, -0.25) is 10.1 Å². The second kappa shape index (κ2) is 5.56. The van der Waals surface area contributed by atoms with Crippen LogP contribution in [0.1, 0.15) is 5.56 Å². The van der Waals surface area contributed by atoms with Crippen molar-refractivity contribution >= 4 is 22.4 Å². The van der Waals surface area contributed by atoms with Crippen molar-refractivity contribution in [2.75, 3.05) is 5.32 Å². The van der Waals surface area contributed by atoms with Gasteiger partial charge in [-0.1, -0.05) is 23.5 Å². The summed E-state index contributed by atoms with van der Waals surface area (Å²) in [6.07, 6.45) is 0.394. The van der Waals surface area contributed by atoms with Crippen molar-refractivity contribution in [2.24, 2.45) is 5.73 Å². The summed E-state index contributed by atoms with van der Waals surface area (Å²) in [6, 6.07) is 5.91. The Balaban J connectivity index is 1.93. The summed E-state index contributed by atoms with van der Waals surface area (Å²) in [7, 11) is 0. The molecule has 1 aromatic heterocycles. The van der Waals surface area contributed by atoms with Crippen LogP contribution in [0.25, 0.3) is 0 Å². The summed E-state index contributed by atoms with van der Waals surface area (Å²) in [6.45, 7) is 0. The number of phenolic OH excluding ortho intramolecular Hbond substituents is 1. The topological polar surface area (TPSA) is 101 Å². The van der Waals surface area contributed by atoms with E-state index in [-0.39, 0.29) is 11.7 Å². The van der Waals surface area contributed by atoms with E-state index in [1.807, 2.05) is 0 Å². The van der Waals surface area contributed by atoms with Crippen LogP contribution in [0.15, 0.2) is 29.8 Å². The minimum Gasteiger partial charge on any atom is -0.508 e. The number of aromatic nitrogens is 2. The average Bonchev–Trinajstić information content (AvgIpc) is 2.85. The highest BCUT2D eigenvalue weighted by Crippen LogP contribution is 2.12. The summed E-state index contributed by atoms with van der Waals surface area (Å²) in [4.78, 5) is 11.7. The molecule has 0 spiro atoms. The molecule has 94 valence electrons. The van der Waals surface area contributed by atoms with Crippen molar-refractivity contribution in [3.05, 3.63) is 35.3 Å². The molecule has 1 amide bonds. The van der Waals surface area contributed by atoms with Crippen LogP contribution < -0.4 is 11.1 Å². The van der Waals surface area contributed by atoms with Crippen molar-refractivity contribution in [1.29, 1.82) is 0 Å². The zero-order valence-corrected chi connectivity index (χ0v) is 10.2. The Hall–Kier alpha value is -1.99. The number of phenols is 1. The molecule has 0 aliphatic carbocycles. The molecule has 1 unspecified atom stereocenters. The van der Waals surface area contributed by atoms with Gasteiger partial charge in [0.2, 0.25) is 11.0 Å². The number of rotatable bonds is 4. The predicted molar refractivity (Wildman–Crippen MR) is 68.3 cm³/mol. The normalized spacial score (nSPS) is 12.1. The molecule has 0 radical (unpaired) electrons. The molecule has 1 heterocycles. The molecular formula is C11H12N4O2S. The molecule has 0 fully saturated rings. The van der Waals surface area contributed by atoms with Crippen LogP contribution in [-0.4, -0.2) is 27.3 Å². The third-order valence-electron chi connectivity index (χ3n) is 2.32. The number of nitrogens with two attached hydrogens (primary N) is 1. The summed E-state index contributed by atoms with van der Waals surface area (Å²) in [5, 5.41) is 19.5.